The molecule has 2 rings (SSSR count). The fourth-order valence-electron chi connectivity index (χ4n) is 3.74. The van der Waals surface area contributed by atoms with E-state index >= 15 is 0 Å². The minimum atomic E-state index is 0.0933. The molecule has 1 amide bonds. The smallest absolute Gasteiger partial charge is 0.217 e. The normalized spacial score (nSPS) is 27.8. The van der Waals surface area contributed by atoms with Gasteiger partial charge < -0.3 is 5.32 Å². The van der Waals surface area contributed by atoms with Gasteiger partial charge >= 0.3 is 0 Å². The van der Waals surface area contributed by atoms with Crippen LogP contribution in [-0.2, 0) is 4.79 Å². The fraction of sp³-hybridized carbons (Fsp3) is 0.737. The van der Waals surface area contributed by atoms with E-state index in [9.17, 15) is 4.79 Å². The van der Waals surface area contributed by atoms with Crippen molar-refractivity contribution in [2.45, 2.75) is 79.2 Å². The van der Waals surface area contributed by atoms with Gasteiger partial charge in [0.1, 0.15) is 0 Å². The van der Waals surface area contributed by atoms with Crippen molar-refractivity contribution in [2.75, 3.05) is 0 Å². The summed E-state index contributed by atoms with van der Waals surface area (Å²) in [6.45, 7) is 10.2. The number of rotatable bonds is 2. The summed E-state index contributed by atoms with van der Waals surface area (Å²) in [5.41, 5.74) is 1.66. The van der Waals surface area contributed by atoms with E-state index in [1.54, 1.807) is 6.92 Å². The first kappa shape index (κ1) is 18.0. The lowest BCUT2D eigenvalue weighted by Gasteiger charge is -2.43. The summed E-state index contributed by atoms with van der Waals surface area (Å²) in [4.78, 5) is 11.5. The second-order valence-electron chi connectivity index (χ2n) is 6.59. The highest BCUT2D eigenvalue weighted by molar-refractivity contribution is 5.73. The third-order valence-corrected chi connectivity index (χ3v) is 4.88. The molecule has 2 aliphatic carbocycles. The molecule has 2 unspecified atom stereocenters. The molecule has 2 heteroatoms. The van der Waals surface area contributed by atoms with Gasteiger partial charge in [-0.25, -0.2) is 0 Å². The van der Waals surface area contributed by atoms with E-state index in [0.29, 0.717) is 11.3 Å². The van der Waals surface area contributed by atoms with Gasteiger partial charge in [0.25, 0.3) is 0 Å². The van der Waals surface area contributed by atoms with Gasteiger partial charge in [-0.2, -0.15) is 0 Å². The Hall–Kier alpha value is -1.05. The summed E-state index contributed by atoms with van der Waals surface area (Å²) >= 11 is 0. The van der Waals surface area contributed by atoms with Crippen LogP contribution in [0.3, 0.4) is 0 Å². The van der Waals surface area contributed by atoms with Crippen molar-refractivity contribution < 1.29 is 4.79 Å². The number of hydrogen-bond acceptors (Lipinski definition) is 1. The molecular formula is C19H33NO. The van der Waals surface area contributed by atoms with Gasteiger partial charge in [-0.1, -0.05) is 63.8 Å². The second kappa shape index (κ2) is 8.41. The van der Waals surface area contributed by atoms with E-state index < -0.39 is 0 Å². The summed E-state index contributed by atoms with van der Waals surface area (Å²) in [6.07, 6.45) is 14.4. The molecule has 2 aliphatic rings. The van der Waals surface area contributed by atoms with E-state index in [2.05, 4.69) is 37.4 Å². The number of amides is 1. The molecule has 2 nitrogen and oxygen atoms in total. The molecule has 0 bridgehead atoms. The molecule has 0 saturated heterocycles. The molecule has 1 saturated carbocycles. The molecule has 0 aliphatic heterocycles. The molecule has 0 radical (unpaired) electrons. The van der Waals surface area contributed by atoms with Crippen LogP contribution in [0.25, 0.3) is 0 Å². The van der Waals surface area contributed by atoms with E-state index in [0.717, 1.165) is 6.42 Å². The standard InChI is InChI=1S/C17H27NO.C2H6/c1-13-7-9-15(16(10-8-13)18-14(2)19)17(3)11-5-4-6-12-17;1-2/h7-9,15-16H,4-6,10-12H2,1-3H3,(H,18,19);1-2H3. The van der Waals surface area contributed by atoms with Crippen LogP contribution in [0.5, 0.6) is 0 Å². The zero-order valence-electron chi connectivity index (χ0n) is 14.5. The van der Waals surface area contributed by atoms with Gasteiger partial charge in [0.2, 0.25) is 5.91 Å². The number of nitrogens with one attached hydrogen (secondary N) is 1. The monoisotopic (exact) mass is 291 g/mol. The summed E-state index contributed by atoms with van der Waals surface area (Å²) in [5.74, 6) is 0.557. The van der Waals surface area contributed by atoms with Gasteiger partial charge in [-0.15, -0.1) is 0 Å². The molecule has 0 aromatic carbocycles. The first-order valence-electron chi connectivity index (χ1n) is 8.63. The zero-order valence-corrected chi connectivity index (χ0v) is 14.5. The molecule has 120 valence electrons. The molecule has 0 aromatic heterocycles. The van der Waals surface area contributed by atoms with Crippen molar-refractivity contribution in [2.24, 2.45) is 11.3 Å². The Bertz CT molecular complexity index is 388. The molecule has 0 spiro atoms. The number of hydrogen-bond donors (Lipinski definition) is 1. The van der Waals surface area contributed by atoms with Crippen molar-refractivity contribution in [1.82, 2.24) is 5.32 Å². The van der Waals surface area contributed by atoms with Crippen LogP contribution < -0.4 is 5.32 Å². The number of carbonyl (C=O) groups excluding carboxylic acids is 1. The Morgan fingerprint density at radius 3 is 2.43 bits per heavy atom. The maximum Gasteiger partial charge on any atom is 0.217 e. The number of carbonyl (C=O) groups is 1. The third-order valence-electron chi connectivity index (χ3n) is 4.88. The summed E-state index contributed by atoms with van der Waals surface area (Å²) in [5, 5.41) is 3.18. The van der Waals surface area contributed by atoms with Crippen LogP contribution in [0.1, 0.15) is 73.1 Å². The van der Waals surface area contributed by atoms with Crippen molar-refractivity contribution in [1.29, 1.82) is 0 Å². The van der Waals surface area contributed by atoms with Crippen molar-refractivity contribution >= 4 is 5.91 Å². The first-order valence-corrected chi connectivity index (χ1v) is 8.63. The SMILES string of the molecule is CC.CC(=O)NC1CC=C(C)C=CC1C1(C)CCCCC1. The Kier molecular flexibility index (Phi) is 7.21. The van der Waals surface area contributed by atoms with Gasteiger partial charge in [0.15, 0.2) is 0 Å². The average Bonchev–Trinajstić information content (AvgIpc) is 2.64. The molecule has 2 atom stereocenters. The lowest BCUT2D eigenvalue weighted by molar-refractivity contribution is -0.120. The van der Waals surface area contributed by atoms with E-state index in [1.165, 1.54) is 37.7 Å². The molecular weight excluding hydrogens is 258 g/mol. The Morgan fingerprint density at radius 2 is 1.86 bits per heavy atom. The predicted molar refractivity (Wildman–Crippen MR) is 91.1 cm³/mol. The van der Waals surface area contributed by atoms with Crippen LogP contribution in [-0.4, -0.2) is 11.9 Å². The molecule has 1 fully saturated rings. The third kappa shape index (κ3) is 5.01. The summed E-state index contributed by atoms with van der Waals surface area (Å²) < 4.78 is 0. The largest absolute Gasteiger partial charge is 0.353 e. The lowest BCUT2D eigenvalue weighted by atomic mass is 9.64. The highest BCUT2D eigenvalue weighted by atomic mass is 16.1. The predicted octanol–water partition coefficient (Wildman–Crippen LogP) is 5.01. The Morgan fingerprint density at radius 1 is 1.24 bits per heavy atom. The quantitative estimate of drug-likeness (QED) is 0.761. The Balaban J connectivity index is 0.00000106. The molecule has 0 heterocycles. The van der Waals surface area contributed by atoms with E-state index in [4.69, 9.17) is 0 Å². The fourth-order valence-corrected chi connectivity index (χ4v) is 3.74. The average molecular weight is 291 g/mol. The second-order valence-corrected chi connectivity index (χ2v) is 6.59. The van der Waals surface area contributed by atoms with Crippen molar-refractivity contribution in [3.05, 3.63) is 23.8 Å². The maximum atomic E-state index is 11.5. The van der Waals surface area contributed by atoms with Crippen LogP contribution >= 0.6 is 0 Å². The summed E-state index contributed by atoms with van der Waals surface area (Å²) in [6, 6.07) is 0.259. The minimum absolute atomic E-state index is 0.0933. The van der Waals surface area contributed by atoms with Crippen molar-refractivity contribution in [3.63, 3.8) is 0 Å². The van der Waals surface area contributed by atoms with E-state index in [1.807, 2.05) is 13.8 Å². The first-order chi connectivity index (χ1) is 10.0. The van der Waals surface area contributed by atoms with Gasteiger partial charge in [-0.05, 0) is 31.6 Å². The lowest BCUT2D eigenvalue weighted by Crippen LogP contribution is -2.45. The van der Waals surface area contributed by atoms with Gasteiger partial charge in [0, 0.05) is 18.9 Å². The minimum Gasteiger partial charge on any atom is -0.353 e. The van der Waals surface area contributed by atoms with Crippen molar-refractivity contribution in [3.8, 4) is 0 Å². The highest BCUT2D eigenvalue weighted by Crippen LogP contribution is 2.45. The van der Waals surface area contributed by atoms with Gasteiger partial charge in [0.05, 0.1) is 0 Å². The van der Waals surface area contributed by atoms with E-state index in [-0.39, 0.29) is 11.9 Å². The van der Waals surface area contributed by atoms with Crippen LogP contribution in [0.4, 0.5) is 0 Å². The maximum absolute atomic E-state index is 11.5. The topological polar surface area (TPSA) is 29.1 Å². The molecule has 0 aromatic rings. The molecule has 1 N–H and O–H groups in total. The van der Waals surface area contributed by atoms with Crippen LogP contribution in [0.15, 0.2) is 23.8 Å². The van der Waals surface area contributed by atoms with Gasteiger partial charge in [-0.3, -0.25) is 4.79 Å². The zero-order chi connectivity index (χ0) is 15.9. The van der Waals surface area contributed by atoms with Crippen LogP contribution in [0, 0.1) is 11.3 Å². The highest BCUT2D eigenvalue weighted by Gasteiger charge is 2.38. The number of allylic oxidation sites excluding steroid dienone is 2. The molecule has 21 heavy (non-hydrogen) atoms. The van der Waals surface area contributed by atoms with Crippen LogP contribution in [0.2, 0.25) is 0 Å². The Labute approximate surface area is 131 Å². The summed E-state index contributed by atoms with van der Waals surface area (Å²) in [7, 11) is 0.